The van der Waals surface area contributed by atoms with Crippen LogP contribution in [0.25, 0.3) is 10.2 Å². The van der Waals surface area contributed by atoms with Gasteiger partial charge in [0.2, 0.25) is 0 Å². The van der Waals surface area contributed by atoms with Gasteiger partial charge in [-0.05, 0) is 24.4 Å². The molecule has 2 rings (SSSR count). The molecular formula is C9H5NOS2. The highest BCUT2D eigenvalue weighted by atomic mass is 32.1. The number of H-pyrrole nitrogens is 1. The van der Waals surface area contributed by atoms with E-state index >= 15 is 0 Å². The number of benzene rings is 1. The zero-order valence-corrected chi connectivity index (χ0v) is 8.17. The van der Waals surface area contributed by atoms with Crippen LogP contribution in [0.1, 0.15) is 0 Å². The van der Waals surface area contributed by atoms with Crippen molar-refractivity contribution in [2.24, 2.45) is 0 Å². The molecular weight excluding hydrogens is 202 g/mol. The van der Waals surface area contributed by atoms with E-state index in [9.17, 15) is 0 Å². The Bertz CT molecular complexity index is 532. The van der Waals surface area contributed by atoms with Crippen molar-refractivity contribution in [3.63, 3.8) is 0 Å². The van der Waals surface area contributed by atoms with Gasteiger partial charge >= 0.3 is 0 Å². The number of aromatic amines is 1. The quantitative estimate of drug-likeness (QED) is 0.574. The van der Waals surface area contributed by atoms with Crippen molar-refractivity contribution < 1.29 is 4.74 Å². The Morgan fingerprint density at radius 2 is 2.38 bits per heavy atom. The summed E-state index contributed by atoms with van der Waals surface area (Å²) < 4.78 is 6.72. The third-order valence-electron chi connectivity index (χ3n) is 1.57. The van der Waals surface area contributed by atoms with Crippen LogP contribution in [0, 0.1) is 16.5 Å². The Morgan fingerprint density at radius 3 is 3.15 bits per heavy atom. The lowest BCUT2D eigenvalue weighted by Gasteiger charge is -1.95. The smallest absolute Gasteiger partial charge is 0.159 e. The van der Waals surface area contributed by atoms with Crippen molar-refractivity contribution in [1.29, 1.82) is 0 Å². The molecule has 0 bridgehead atoms. The molecule has 0 aliphatic rings. The molecule has 0 unspecified atom stereocenters. The average molecular weight is 207 g/mol. The Labute approximate surface area is 84.2 Å². The highest BCUT2D eigenvalue weighted by molar-refractivity contribution is 7.73. The van der Waals surface area contributed by atoms with Crippen molar-refractivity contribution in [3.05, 3.63) is 22.2 Å². The Morgan fingerprint density at radius 1 is 1.54 bits per heavy atom. The monoisotopic (exact) mass is 207 g/mol. The number of ether oxygens (including phenoxy) is 1. The Kier molecular flexibility index (Phi) is 2.05. The molecule has 1 heterocycles. The van der Waals surface area contributed by atoms with Gasteiger partial charge in [0.1, 0.15) is 11.9 Å². The minimum absolute atomic E-state index is 0.667. The molecule has 13 heavy (non-hydrogen) atoms. The second-order valence-corrected chi connectivity index (χ2v) is 4.11. The van der Waals surface area contributed by atoms with Gasteiger partial charge in [-0.3, -0.25) is 0 Å². The number of aromatic nitrogens is 1. The standard InChI is InChI=1S/C9H5NOS2/c1-2-11-6-3-4-7-8(5-6)13-9(12)10-7/h1,3-5H,(H,10,12). The molecule has 0 fully saturated rings. The maximum atomic E-state index is 5.01. The first-order chi connectivity index (χ1) is 6.29. The zero-order valence-electron chi connectivity index (χ0n) is 6.53. The summed E-state index contributed by atoms with van der Waals surface area (Å²) in [4.78, 5) is 3.05. The van der Waals surface area contributed by atoms with Crippen molar-refractivity contribution in [2.45, 2.75) is 0 Å². The zero-order chi connectivity index (χ0) is 9.26. The summed E-state index contributed by atoms with van der Waals surface area (Å²) >= 11 is 6.51. The topological polar surface area (TPSA) is 25.0 Å². The van der Waals surface area contributed by atoms with E-state index in [1.54, 1.807) is 6.07 Å². The lowest BCUT2D eigenvalue weighted by atomic mass is 10.3. The first-order valence-electron chi connectivity index (χ1n) is 3.55. The average Bonchev–Trinajstić information content (AvgIpc) is 2.44. The molecule has 0 saturated heterocycles. The molecule has 0 saturated carbocycles. The molecule has 1 N–H and O–H groups in total. The fourth-order valence-corrected chi connectivity index (χ4v) is 2.20. The summed E-state index contributed by atoms with van der Waals surface area (Å²) in [5.41, 5.74) is 1.01. The number of rotatable bonds is 1. The molecule has 0 aliphatic heterocycles. The molecule has 2 aromatic rings. The van der Waals surface area contributed by atoms with Crippen LogP contribution >= 0.6 is 23.6 Å². The summed E-state index contributed by atoms with van der Waals surface area (Å²) in [7, 11) is 0. The van der Waals surface area contributed by atoms with Gasteiger partial charge in [-0.1, -0.05) is 6.42 Å². The summed E-state index contributed by atoms with van der Waals surface area (Å²) in [6, 6.07) is 5.57. The molecule has 0 atom stereocenters. The third-order valence-corrected chi connectivity index (χ3v) is 2.77. The van der Waals surface area contributed by atoms with Gasteiger partial charge in [-0.25, -0.2) is 0 Å². The number of terminal acetylenes is 1. The number of fused-ring (bicyclic) bond motifs is 1. The molecule has 0 amide bonds. The summed E-state index contributed by atoms with van der Waals surface area (Å²) in [6.45, 7) is 0. The molecule has 4 heteroatoms. The van der Waals surface area contributed by atoms with Crippen molar-refractivity contribution >= 4 is 33.8 Å². The van der Waals surface area contributed by atoms with Crippen LogP contribution in [0.2, 0.25) is 0 Å². The highest BCUT2D eigenvalue weighted by Gasteiger charge is 1.98. The van der Waals surface area contributed by atoms with Gasteiger partial charge in [0, 0.05) is 6.07 Å². The summed E-state index contributed by atoms with van der Waals surface area (Å²) in [6.07, 6.45) is 7.14. The first kappa shape index (κ1) is 8.30. The molecule has 0 spiro atoms. The van der Waals surface area contributed by atoms with Crippen molar-refractivity contribution in [2.75, 3.05) is 0 Å². The summed E-state index contributed by atoms with van der Waals surface area (Å²) in [5, 5.41) is 0. The van der Waals surface area contributed by atoms with Gasteiger partial charge in [0.15, 0.2) is 3.95 Å². The largest absolute Gasteiger partial charge is 0.408 e. The van der Waals surface area contributed by atoms with Crippen molar-refractivity contribution in [3.8, 4) is 18.3 Å². The fraction of sp³-hybridized carbons (Fsp3) is 0. The van der Waals surface area contributed by atoms with Crippen LogP contribution in [0.15, 0.2) is 18.2 Å². The van der Waals surface area contributed by atoms with Crippen LogP contribution in [-0.2, 0) is 0 Å². The van der Waals surface area contributed by atoms with E-state index in [1.165, 1.54) is 11.3 Å². The maximum absolute atomic E-state index is 5.01. The lowest BCUT2D eigenvalue weighted by molar-refractivity contribution is 0.522. The highest BCUT2D eigenvalue weighted by Crippen LogP contribution is 2.24. The van der Waals surface area contributed by atoms with E-state index in [2.05, 4.69) is 11.1 Å². The second-order valence-electron chi connectivity index (χ2n) is 2.39. The molecule has 1 aromatic heterocycles. The van der Waals surface area contributed by atoms with Crippen LogP contribution in [0.5, 0.6) is 5.75 Å². The van der Waals surface area contributed by atoms with E-state index in [4.69, 9.17) is 23.4 Å². The number of hydrogen-bond donors (Lipinski definition) is 1. The molecule has 64 valence electrons. The minimum atomic E-state index is 0.667. The second kappa shape index (κ2) is 3.21. The lowest BCUT2D eigenvalue weighted by Crippen LogP contribution is -1.79. The van der Waals surface area contributed by atoms with Gasteiger partial charge in [0.25, 0.3) is 0 Å². The third kappa shape index (κ3) is 1.57. The molecule has 2 nitrogen and oxygen atoms in total. The van der Waals surface area contributed by atoms with E-state index < -0.39 is 0 Å². The number of hydrogen-bond acceptors (Lipinski definition) is 3. The van der Waals surface area contributed by atoms with E-state index in [-0.39, 0.29) is 0 Å². The molecule has 1 aromatic carbocycles. The fourth-order valence-electron chi connectivity index (χ4n) is 1.06. The Balaban J connectivity index is 2.62. The van der Waals surface area contributed by atoms with Crippen LogP contribution in [0.4, 0.5) is 0 Å². The van der Waals surface area contributed by atoms with Gasteiger partial charge < -0.3 is 9.72 Å². The first-order valence-corrected chi connectivity index (χ1v) is 4.77. The normalized spacial score (nSPS) is 9.77. The van der Waals surface area contributed by atoms with E-state index in [0.29, 0.717) is 5.75 Å². The van der Waals surface area contributed by atoms with Gasteiger partial charge in [0.05, 0.1) is 10.2 Å². The molecule has 0 aliphatic carbocycles. The maximum Gasteiger partial charge on any atom is 0.159 e. The van der Waals surface area contributed by atoms with Crippen molar-refractivity contribution in [1.82, 2.24) is 4.98 Å². The van der Waals surface area contributed by atoms with Gasteiger partial charge in [-0.15, -0.1) is 11.3 Å². The minimum Gasteiger partial charge on any atom is -0.408 e. The SMILES string of the molecule is C#COc1ccc2[nH]c(=S)sc2c1. The van der Waals surface area contributed by atoms with Crippen LogP contribution < -0.4 is 4.74 Å². The van der Waals surface area contributed by atoms with Crippen LogP contribution in [-0.4, -0.2) is 4.98 Å². The Hall–Kier alpha value is -1.31. The predicted octanol–water partition coefficient (Wildman–Crippen LogP) is 2.93. The van der Waals surface area contributed by atoms with Crippen LogP contribution in [0.3, 0.4) is 0 Å². The van der Waals surface area contributed by atoms with E-state index in [0.717, 1.165) is 14.2 Å². The molecule has 0 radical (unpaired) electrons. The number of nitrogens with one attached hydrogen (secondary N) is 1. The van der Waals surface area contributed by atoms with E-state index in [1.807, 2.05) is 12.1 Å². The number of thiazole rings is 1. The predicted molar refractivity (Wildman–Crippen MR) is 56.5 cm³/mol. The van der Waals surface area contributed by atoms with Gasteiger partial charge in [-0.2, -0.15) is 0 Å². The summed E-state index contributed by atoms with van der Waals surface area (Å²) in [5.74, 6) is 0.667.